The number of methoxy groups -OCH3 is 1. The first-order valence-electron chi connectivity index (χ1n) is 8.77. The minimum Gasteiger partial charge on any atom is -0.376 e. The molecule has 0 fully saturated rings. The van der Waals surface area contributed by atoms with Gasteiger partial charge in [-0.25, -0.2) is 4.98 Å². The topological polar surface area (TPSA) is 47.8 Å². The van der Waals surface area contributed by atoms with Crippen molar-refractivity contribution in [3.05, 3.63) is 65.1 Å². The number of nitrogens with one attached hydrogen (secondary N) is 1. The predicted molar refractivity (Wildman–Crippen MR) is 98.1 cm³/mol. The van der Waals surface area contributed by atoms with Gasteiger partial charge in [-0.1, -0.05) is 30.3 Å². The molecule has 1 N–H and O–H groups in total. The third-order valence-electron chi connectivity index (χ3n) is 5.22. The van der Waals surface area contributed by atoms with Gasteiger partial charge in [0.05, 0.1) is 17.4 Å². The number of hydrogen-bond donors (Lipinski definition) is 1. The number of aromatic nitrogens is 2. The van der Waals surface area contributed by atoms with Crippen molar-refractivity contribution in [1.29, 1.82) is 0 Å². The maximum atomic E-state index is 13.2. The van der Waals surface area contributed by atoms with Gasteiger partial charge in [0.2, 0.25) is 0 Å². The highest BCUT2D eigenvalue weighted by atomic mass is 19.3. The van der Waals surface area contributed by atoms with E-state index in [0.717, 1.165) is 17.0 Å². The largest absolute Gasteiger partial charge is 0.376 e. The fourth-order valence-corrected chi connectivity index (χ4v) is 3.78. The van der Waals surface area contributed by atoms with Crippen LogP contribution in [0.3, 0.4) is 0 Å². The van der Waals surface area contributed by atoms with Gasteiger partial charge in [0.25, 0.3) is 0 Å². The number of anilines is 1. The third-order valence-corrected chi connectivity index (χ3v) is 5.22. The number of halogens is 2. The van der Waals surface area contributed by atoms with Gasteiger partial charge < -0.3 is 19.2 Å². The Kier molecular flexibility index (Phi) is 4.57. The predicted octanol–water partition coefficient (Wildman–Crippen LogP) is 4.41. The van der Waals surface area contributed by atoms with E-state index in [0.29, 0.717) is 16.9 Å². The number of aryl methyl sites for hydroxylation is 2. The highest BCUT2D eigenvalue weighted by molar-refractivity contribution is 5.75. The Bertz CT molecular complexity index is 959. The molecule has 142 valence electrons. The first kappa shape index (κ1) is 17.9. The number of benzene rings is 1. The zero-order valence-corrected chi connectivity index (χ0v) is 15.3. The average Bonchev–Trinajstić information content (AvgIpc) is 2.96. The van der Waals surface area contributed by atoms with Crippen LogP contribution in [0.25, 0.3) is 5.65 Å². The standard InChI is InChI=1S/C20H21F2N3O2/c1-11-12(2)25-10-9-14-16(19(25)23-11)24-15(13-7-5-4-6-8-13)18(26-3)17(14)27-20(21)22/h4-10,15,17-18,20,24H,1-3H3. The molecular weight excluding hydrogens is 352 g/mol. The van der Waals surface area contributed by atoms with Crippen LogP contribution in [-0.2, 0) is 9.47 Å². The molecule has 0 bridgehead atoms. The van der Waals surface area contributed by atoms with Crippen molar-refractivity contribution in [1.82, 2.24) is 9.38 Å². The summed E-state index contributed by atoms with van der Waals surface area (Å²) in [6, 6.07) is 11.1. The summed E-state index contributed by atoms with van der Waals surface area (Å²) in [7, 11) is 1.51. The summed E-state index contributed by atoms with van der Waals surface area (Å²) < 4.78 is 39.0. The van der Waals surface area contributed by atoms with Gasteiger partial charge in [-0.3, -0.25) is 0 Å². The Morgan fingerprint density at radius 2 is 1.89 bits per heavy atom. The molecule has 1 aliphatic heterocycles. The van der Waals surface area contributed by atoms with Crippen LogP contribution in [-0.4, -0.2) is 29.2 Å². The maximum absolute atomic E-state index is 13.2. The Hall–Kier alpha value is -2.51. The lowest BCUT2D eigenvalue weighted by molar-refractivity contribution is -0.198. The SMILES string of the molecule is COC1C(c2ccccc2)Nc2c(ccn3c(C)c(C)nc23)C1OC(F)F. The molecule has 3 heterocycles. The zero-order chi connectivity index (χ0) is 19.1. The van der Waals surface area contributed by atoms with Gasteiger partial charge >= 0.3 is 6.61 Å². The van der Waals surface area contributed by atoms with E-state index in [-0.39, 0.29) is 6.04 Å². The van der Waals surface area contributed by atoms with Crippen LogP contribution in [0, 0.1) is 13.8 Å². The third kappa shape index (κ3) is 2.96. The van der Waals surface area contributed by atoms with Crippen molar-refractivity contribution in [2.75, 3.05) is 12.4 Å². The van der Waals surface area contributed by atoms with Crippen LogP contribution in [0.2, 0.25) is 0 Å². The van der Waals surface area contributed by atoms with E-state index < -0.39 is 18.8 Å². The summed E-state index contributed by atoms with van der Waals surface area (Å²) in [6.07, 6.45) is 0.301. The molecule has 2 aromatic heterocycles. The first-order valence-corrected chi connectivity index (χ1v) is 8.77. The van der Waals surface area contributed by atoms with Crippen molar-refractivity contribution in [3.63, 3.8) is 0 Å². The number of fused-ring (bicyclic) bond motifs is 3. The fraction of sp³-hybridized carbons (Fsp3) is 0.350. The average molecular weight is 373 g/mol. The molecule has 0 saturated carbocycles. The second kappa shape index (κ2) is 6.90. The van der Waals surface area contributed by atoms with Gasteiger partial charge in [0.15, 0.2) is 5.65 Å². The van der Waals surface area contributed by atoms with Crippen LogP contribution in [0.4, 0.5) is 14.5 Å². The van der Waals surface area contributed by atoms with Gasteiger partial charge in [-0.15, -0.1) is 0 Å². The molecule has 0 radical (unpaired) electrons. The Labute approximate surface area is 155 Å². The highest BCUT2D eigenvalue weighted by Crippen LogP contribution is 2.44. The maximum Gasteiger partial charge on any atom is 0.345 e. The summed E-state index contributed by atoms with van der Waals surface area (Å²) in [5.41, 5.74) is 4.83. The number of alkyl halides is 2. The van der Waals surface area contributed by atoms with E-state index in [1.165, 1.54) is 7.11 Å². The molecule has 27 heavy (non-hydrogen) atoms. The van der Waals surface area contributed by atoms with Gasteiger partial charge in [0, 0.05) is 24.6 Å². The molecule has 0 saturated heterocycles. The Morgan fingerprint density at radius 1 is 1.15 bits per heavy atom. The van der Waals surface area contributed by atoms with E-state index in [2.05, 4.69) is 10.3 Å². The van der Waals surface area contributed by atoms with E-state index in [1.54, 1.807) is 6.07 Å². The molecule has 4 rings (SSSR count). The molecule has 3 unspecified atom stereocenters. The van der Waals surface area contributed by atoms with E-state index >= 15 is 0 Å². The van der Waals surface area contributed by atoms with Gasteiger partial charge in [0.1, 0.15) is 12.2 Å². The lowest BCUT2D eigenvalue weighted by atomic mass is 9.88. The van der Waals surface area contributed by atoms with E-state index in [9.17, 15) is 8.78 Å². The van der Waals surface area contributed by atoms with E-state index in [1.807, 2.05) is 54.8 Å². The molecular formula is C20H21F2N3O2. The lowest BCUT2D eigenvalue weighted by Gasteiger charge is -2.39. The van der Waals surface area contributed by atoms with Crippen LogP contribution in [0.5, 0.6) is 0 Å². The van der Waals surface area contributed by atoms with Crippen LogP contribution >= 0.6 is 0 Å². The van der Waals surface area contributed by atoms with Crippen molar-refractivity contribution >= 4 is 11.3 Å². The Balaban J connectivity index is 1.92. The molecule has 1 aliphatic rings. The molecule has 0 amide bonds. The number of pyridine rings is 1. The second-order valence-electron chi connectivity index (χ2n) is 6.67. The second-order valence-corrected chi connectivity index (χ2v) is 6.67. The van der Waals surface area contributed by atoms with Crippen molar-refractivity contribution in [2.24, 2.45) is 0 Å². The minimum absolute atomic E-state index is 0.351. The van der Waals surface area contributed by atoms with Crippen LogP contribution in [0.15, 0.2) is 42.6 Å². The molecule has 7 heteroatoms. The van der Waals surface area contributed by atoms with Crippen molar-refractivity contribution in [2.45, 2.75) is 38.7 Å². The fourth-order valence-electron chi connectivity index (χ4n) is 3.78. The molecule has 1 aromatic carbocycles. The number of hydrogen-bond acceptors (Lipinski definition) is 4. The Morgan fingerprint density at radius 3 is 2.56 bits per heavy atom. The van der Waals surface area contributed by atoms with Gasteiger partial charge in [-0.05, 0) is 25.5 Å². The van der Waals surface area contributed by atoms with Gasteiger partial charge in [-0.2, -0.15) is 8.78 Å². The number of nitrogens with zero attached hydrogens (tertiary/aromatic N) is 2. The number of rotatable bonds is 4. The molecule has 0 aliphatic carbocycles. The summed E-state index contributed by atoms with van der Waals surface area (Å²) >= 11 is 0. The lowest BCUT2D eigenvalue weighted by Crippen LogP contribution is -2.39. The monoisotopic (exact) mass is 373 g/mol. The normalized spacial score (nSPS) is 22.1. The first-order chi connectivity index (χ1) is 13.0. The summed E-state index contributed by atoms with van der Waals surface area (Å²) in [6.45, 7) is 0.997. The molecule has 3 atom stereocenters. The summed E-state index contributed by atoms with van der Waals surface area (Å²) in [5, 5.41) is 3.47. The zero-order valence-electron chi connectivity index (χ0n) is 15.3. The highest BCUT2D eigenvalue weighted by Gasteiger charge is 2.41. The molecule has 0 spiro atoms. The quantitative estimate of drug-likeness (QED) is 0.736. The van der Waals surface area contributed by atoms with Crippen LogP contribution < -0.4 is 5.32 Å². The summed E-state index contributed by atoms with van der Waals surface area (Å²) in [4.78, 5) is 4.64. The van der Waals surface area contributed by atoms with E-state index in [4.69, 9.17) is 9.47 Å². The van der Waals surface area contributed by atoms with Crippen LogP contribution in [0.1, 0.15) is 34.7 Å². The van der Waals surface area contributed by atoms with Crippen molar-refractivity contribution < 1.29 is 18.3 Å². The number of imidazole rings is 1. The molecule has 3 aromatic rings. The number of ether oxygens (including phenoxy) is 2. The minimum atomic E-state index is -2.91. The summed E-state index contributed by atoms with van der Waals surface area (Å²) in [5.74, 6) is 0. The molecule has 5 nitrogen and oxygen atoms in total. The van der Waals surface area contributed by atoms with Crippen molar-refractivity contribution in [3.8, 4) is 0 Å². The smallest absolute Gasteiger partial charge is 0.345 e.